The van der Waals surface area contributed by atoms with Crippen LogP contribution in [-0.2, 0) is 37.0 Å². The third-order valence-electron chi connectivity index (χ3n) is 6.20. The summed E-state index contributed by atoms with van der Waals surface area (Å²) in [5.74, 6) is -2.25. The van der Waals surface area contributed by atoms with Gasteiger partial charge in [0.05, 0.1) is 11.5 Å². The molecule has 2 fully saturated rings. The summed E-state index contributed by atoms with van der Waals surface area (Å²) in [7, 11) is 0. The van der Waals surface area contributed by atoms with Gasteiger partial charge in [0.15, 0.2) is 6.04 Å². The third kappa shape index (κ3) is 4.77. The molecule has 1 amide bonds. The number of benzene rings is 2. The molecule has 1 saturated heterocycles. The van der Waals surface area contributed by atoms with Crippen LogP contribution in [0.2, 0.25) is 0 Å². The number of carbonyl (C=O) groups excluding carboxylic acids is 3. The molecule has 1 heterocycles. The summed E-state index contributed by atoms with van der Waals surface area (Å²) in [6.07, 6.45) is -0.675. The van der Waals surface area contributed by atoms with Crippen molar-refractivity contribution in [1.29, 1.82) is 0 Å². The molecule has 8 nitrogen and oxygen atoms in total. The molecule has 4 atom stereocenters. The Labute approximate surface area is 199 Å². The van der Waals surface area contributed by atoms with Crippen LogP contribution in [0.1, 0.15) is 31.9 Å². The van der Waals surface area contributed by atoms with Crippen LogP contribution in [-0.4, -0.2) is 46.7 Å². The number of nitrogens with zero attached hydrogens (tertiary/aromatic N) is 1. The highest BCUT2D eigenvalue weighted by atomic mass is 16.6. The van der Waals surface area contributed by atoms with Gasteiger partial charge in [0.2, 0.25) is 0 Å². The van der Waals surface area contributed by atoms with E-state index in [4.69, 9.17) is 19.9 Å². The van der Waals surface area contributed by atoms with Crippen molar-refractivity contribution in [2.45, 2.75) is 51.2 Å². The molecule has 180 valence electrons. The first-order chi connectivity index (χ1) is 16.1. The summed E-state index contributed by atoms with van der Waals surface area (Å²) < 4.78 is 16.5. The Hall–Kier alpha value is -3.39. The van der Waals surface area contributed by atoms with Crippen molar-refractivity contribution >= 4 is 18.0 Å². The van der Waals surface area contributed by atoms with E-state index in [1.54, 1.807) is 20.8 Å². The number of ether oxygens (including phenoxy) is 3. The Morgan fingerprint density at radius 1 is 0.912 bits per heavy atom. The molecule has 0 bridgehead atoms. The van der Waals surface area contributed by atoms with Gasteiger partial charge in [0.1, 0.15) is 18.8 Å². The fourth-order valence-electron chi connectivity index (χ4n) is 4.58. The predicted octanol–water partition coefficient (Wildman–Crippen LogP) is 3.04. The Balaban J connectivity index is 1.50. The second-order valence-corrected chi connectivity index (χ2v) is 9.81. The topological polar surface area (TPSA) is 108 Å². The molecule has 1 aliphatic heterocycles. The average molecular weight is 467 g/mol. The highest BCUT2D eigenvalue weighted by Gasteiger charge is 2.78. The lowest BCUT2D eigenvalue weighted by molar-refractivity contribution is -0.159. The van der Waals surface area contributed by atoms with E-state index in [-0.39, 0.29) is 19.8 Å². The van der Waals surface area contributed by atoms with E-state index >= 15 is 0 Å². The fourth-order valence-corrected chi connectivity index (χ4v) is 4.58. The molecular weight excluding hydrogens is 436 g/mol. The fraction of sp³-hybridized carbons (Fsp3) is 0.423. The van der Waals surface area contributed by atoms with Gasteiger partial charge >= 0.3 is 18.0 Å². The number of nitrogens with two attached hydrogens (primary N) is 1. The maximum atomic E-state index is 13.2. The second kappa shape index (κ2) is 9.10. The van der Waals surface area contributed by atoms with Crippen LogP contribution in [0.5, 0.6) is 0 Å². The zero-order valence-corrected chi connectivity index (χ0v) is 19.6. The van der Waals surface area contributed by atoms with Crippen LogP contribution in [0.25, 0.3) is 0 Å². The van der Waals surface area contributed by atoms with Gasteiger partial charge in [-0.1, -0.05) is 60.7 Å². The smallest absolute Gasteiger partial charge is 0.410 e. The summed E-state index contributed by atoms with van der Waals surface area (Å²) in [4.78, 5) is 40.2. The minimum atomic E-state index is -1.26. The van der Waals surface area contributed by atoms with Gasteiger partial charge in [-0.15, -0.1) is 0 Å². The van der Waals surface area contributed by atoms with E-state index in [0.717, 1.165) is 11.1 Å². The van der Waals surface area contributed by atoms with E-state index < -0.39 is 47.0 Å². The number of carbonyl (C=O) groups is 3. The number of hydrogen-bond acceptors (Lipinski definition) is 7. The second-order valence-electron chi connectivity index (χ2n) is 9.81. The Morgan fingerprint density at radius 2 is 1.44 bits per heavy atom. The predicted molar refractivity (Wildman–Crippen MR) is 123 cm³/mol. The monoisotopic (exact) mass is 466 g/mol. The maximum absolute atomic E-state index is 13.2. The van der Waals surface area contributed by atoms with Crippen molar-refractivity contribution < 1.29 is 28.6 Å². The van der Waals surface area contributed by atoms with Crippen LogP contribution < -0.4 is 5.73 Å². The van der Waals surface area contributed by atoms with E-state index in [1.807, 2.05) is 60.7 Å². The van der Waals surface area contributed by atoms with Gasteiger partial charge in [-0.3, -0.25) is 9.69 Å². The summed E-state index contributed by atoms with van der Waals surface area (Å²) in [6, 6.07) is 17.3. The Kier molecular flexibility index (Phi) is 6.36. The van der Waals surface area contributed by atoms with Crippen LogP contribution in [0, 0.1) is 11.8 Å². The van der Waals surface area contributed by atoms with E-state index in [2.05, 4.69) is 0 Å². The largest absolute Gasteiger partial charge is 0.460 e. The zero-order valence-electron chi connectivity index (χ0n) is 19.6. The molecule has 0 spiro atoms. The van der Waals surface area contributed by atoms with Crippen LogP contribution in [0.4, 0.5) is 4.79 Å². The van der Waals surface area contributed by atoms with Gasteiger partial charge in [-0.05, 0) is 31.9 Å². The molecule has 1 saturated carbocycles. The van der Waals surface area contributed by atoms with Crippen molar-refractivity contribution in [3.8, 4) is 0 Å². The number of hydrogen-bond donors (Lipinski definition) is 1. The third-order valence-corrected chi connectivity index (χ3v) is 6.20. The minimum absolute atomic E-state index is 0.0287. The van der Waals surface area contributed by atoms with Crippen molar-refractivity contribution in [3.05, 3.63) is 71.8 Å². The summed E-state index contributed by atoms with van der Waals surface area (Å²) in [6.45, 7) is 5.50. The maximum Gasteiger partial charge on any atom is 0.410 e. The normalized spacial score (nSPS) is 25.3. The lowest BCUT2D eigenvalue weighted by Gasteiger charge is -2.30. The molecular formula is C26H30N2O6. The molecule has 0 aromatic heterocycles. The first kappa shape index (κ1) is 23.8. The molecule has 34 heavy (non-hydrogen) atoms. The van der Waals surface area contributed by atoms with Crippen molar-refractivity contribution in [1.82, 2.24) is 4.90 Å². The summed E-state index contributed by atoms with van der Waals surface area (Å²) in [5.41, 5.74) is 6.28. The highest BCUT2D eigenvalue weighted by molar-refractivity contribution is 5.90. The molecule has 2 aliphatic rings. The quantitative estimate of drug-likeness (QED) is 0.515. The molecule has 4 unspecified atom stereocenters. The molecule has 2 aromatic carbocycles. The van der Waals surface area contributed by atoms with Crippen molar-refractivity contribution in [2.75, 3.05) is 6.54 Å². The average Bonchev–Trinajstić information content (AvgIpc) is 3.27. The van der Waals surface area contributed by atoms with Gasteiger partial charge < -0.3 is 19.9 Å². The number of esters is 2. The van der Waals surface area contributed by atoms with Crippen LogP contribution >= 0.6 is 0 Å². The van der Waals surface area contributed by atoms with Crippen LogP contribution in [0.15, 0.2) is 60.7 Å². The number of likely N-dealkylation sites (tertiary alicyclic amines) is 1. The Morgan fingerprint density at radius 3 is 1.97 bits per heavy atom. The lowest BCUT2D eigenvalue weighted by atomic mass is 10.0. The van der Waals surface area contributed by atoms with E-state index in [0.29, 0.717) is 0 Å². The number of rotatable bonds is 6. The van der Waals surface area contributed by atoms with E-state index in [1.165, 1.54) is 4.90 Å². The van der Waals surface area contributed by atoms with Gasteiger partial charge in [0, 0.05) is 12.5 Å². The van der Waals surface area contributed by atoms with Crippen molar-refractivity contribution in [3.63, 3.8) is 0 Å². The Bertz CT molecular complexity index is 1050. The first-order valence-electron chi connectivity index (χ1n) is 11.3. The highest BCUT2D eigenvalue weighted by Crippen LogP contribution is 2.58. The summed E-state index contributed by atoms with van der Waals surface area (Å²) >= 11 is 0. The molecule has 8 heteroatoms. The lowest BCUT2D eigenvalue weighted by Crippen LogP contribution is -2.55. The standard InChI is InChI=1S/C26H30N2O6/c1-25(2,3)34-22(29)20-19-14-28(24(31)33-16-18-12-8-5-9-13-18)21(26(19,20)27)23(30)32-15-17-10-6-4-7-11-17/h4-13,19-21H,14-16,27H2,1-3H3. The molecule has 1 aliphatic carbocycles. The number of piperidine rings is 1. The molecule has 2 aromatic rings. The SMILES string of the molecule is CC(C)(C)OC(=O)C1C2CN(C(=O)OCc3ccccc3)C(C(=O)OCc3ccccc3)C21N. The van der Waals surface area contributed by atoms with Gasteiger partial charge in [-0.2, -0.15) is 0 Å². The van der Waals surface area contributed by atoms with E-state index in [9.17, 15) is 14.4 Å². The summed E-state index contributed by atoms with van der Waals surface area (Å²) in [5, 5.41) is 0. The van der Waals surface area contributed by atoms with Gasteiger partial charge in [-0.25, -0.2) is 9.59 Å². The number of fused-ring (bicyclic) bond motifs is 1. The van der Waals surface area contributed by atoms with Gasteiger partial charge in [0.25, 0.3) is 0 Å². The minimum Gasteiger partial charge on any atom is -0.460 e. The zero-order chi connectivity index (χ0) is 24.5. The molecule has 0 radical (unpaired) electrons. The molecule has 4 rings (SSSR count). The van der Waals surface area contributed by atoms with Crippen molar-refractivity contribution in [2.24, 2.45) is 17.6 Å². The molecule has 2 N–H and O–H groups in total. The number of amides is 1. The van der Waals surface area contributed by atoms with Crippen LogP contribution in [0.3, 0.4) is 0 Å². The first-order valence-corrected chi connectivity index (χ1v) is 11.3.